The highest BCUT2D eigenvalue weighted by Gasteiger charge is 2.25. The van der Waals surface area contributed by atoms with Gasteiger partial charge < -0.3 is 13.9 Å². The molecule has 0 saturated carbocycles. The molecule has 0 spiro atoms. The molecule has 0 amide bonds. The molecule has 0 bridgehead atoms. The second-order valence-electron chi connectivity index (χ2n) is 8.64. The molecule has 1 aliphatic rings. The standard InChI is InChI=1S/C28H27NO4/c1-19-23-12-13-26-25(27(23)33-28(30)24(19)16-21-6-4-3-5-7-21)17-29(18-32-26)15-14-20-8-10-22(31-2)11-9-20/h3-13H,14-18H2,1-2H3/p+1. The first-order chi connectivity index (χ1) is 16.1. The maximum atomic E-state index is 13.0. The lowest BCUT2D eigenvalue weighted by Gasteiger charge is -2.26. The zero-order valence-electron chi connectivity index (χ0n) is 19.0. The summed E-state index contributed by atoms with van der Waals surface area (Å²) >= 11 is 0. The third-order valence-corrected chi connectivity index (χ3v) is 6.52. The highest BCUT2D eigenvalue weighted by Crippen LogP contribution is 2.31. The van der Waals surface area contributed by atoms with E-state index >= 15 is 0 Å². The van der Waals surface area contributed by atoms with Gasteiger partial charge >= 0.3 is 5.63 Å². The summed E-state index contributed by atoms with van der Waals surface area (Å²) in [6, 6.07) is 22.2. The molecule has 0 fully saturated rings. The van der Waals surface area contributed by atoms with Crippen molar-refractivity contribution in [3.8, 4) is 11.5 Å². The van der Waals surface area contributed by atoms with Gasteiger partial charge in [-0.3, -0.25) is 4.90 Å². The van der Waals surface area contributed by atoms with Crippen molar-refractivity contribution >= 4 is 11.0 Å². The number of hydrogen-bond acceptors (Lipinski definition) is 4. The molecule has 1 aliphatic heterocycles. The van der Waals surface area contributed by atoms with E-state index < -0.39 is 0 Å². The Balaban J connectivity index is 1.40. The van der Waals surface area contributed by atoms with Crippen LogP contribution in [-0.4, -0.2) is 20.4 Å². The normalized spacial score (nSPS) is 15.2. The topological polar surface area (TPSA) is 53.1 Å². The van der Waals surface area contributed by atoms with Crippen LogP contribution in [0.25, 0.3) is 11.0 Å². The third-order valence-electron chi connectivity index (χ3n) is 6.52. The predicted octanol–water partition coefficient (Wildman–Crippen LogP) is 3.68. The molecule has 0 radical (unpaired) electrons. The molecule has 5 heteroatoms. The van der Waals surface area contributed by atoms with Crippen LogP contribution in [0.3, 0.4) is 0 Å². The number of ether oxygens (including phenoxy) is 2. The number of methoxy groups -OCH3 is 1. The Hall–Kier alpha value is -3.57. The minimum atomic E-state index is -0.261. The summed E-state index contributed by atoms with van der Waals surface area (Å²) in [6.45, 7) is 4.31. The molecule has 5 nitrogen and oxygen atoms in total. The molecule has 1 unspecified atom stereocenters. The van der Waals surface area contributed by atoms with Crippen LogP contribution in [0.15, 0.2) is 75.9 Å². The summed E-state index contributed by atoms with van der Waals surface area (Å²) in [5, 5.41) is 0.985. The number of fused-ring (bicyclic) bond motifs is 3. The molecule has 0 saturated heterocycles. The van der Waals surface area contributed by atoms with Crippen LogP contribution < -0.4 is 20.0 Å². The highest BCUT2D eigenvalue weighted by molar-refractivity contribution is 5.86. The minimum absolute atomic E-state index is 0.261. The molecule has 33 heavy (non-hydrogen) atoms. The lowest BCUT2D eigenvalue weighted by molar-refractivity contribution is -0.932. The fourth-order valence-corrected chi connectivity index (χ4v) is 4.55. The Morgan fingerprint density at radius 2 is 1.76 bits per heavy atom. The van der Waals surface area contributed by atoms with Crippen LogP contribution in [0, 0.1) is 6.92 Å². The summed E-state index contributed by atoms with van der Waals surface area (Å²) in [7, 11) is 1.68. The smallest absolute Gasteiger partial charge is 0.340 e. The summed E-state index contributed by atoms with van der Waals surface area (Å²) in [4.78, 5) is 14.3. The molecule has 2 heterocycles. The molecular weight excluding hydrogens is 414 g/mol. The fourth-order valence-electron chi connectivity index (χ4n) is 4.55. The van der Waals surface area contributed by atoms with Crippen molar-refractivity contribution in [1.29, 1.82) is 0 Å². The third kappa shape index (κ3) is 4.37. The molecule has 168 valence electrons. The number of aryl methyl sites for hydroxylation is 1. The molecule has 4 aromatic rings. The first-order valence-electron chi connectivity index (χ1n) is 11.3. The number of rotatable bonds is 6. The maximum absolute atomic E-state index is 13.0. The maximum Gasteiger partial charge on any atom is 0.340 e. The van der Waals surface area contributed by atoms with Crippen molar-refractivity contribution in [2.45, 2.75) is 26.3 Å². The largest absolute Gasteiger partial charge is 0.497 e. The van der Waals surface area contributed by atoms with Gasteiger partial charge in [0.1, 0.15) is 18.0 Å². The van der Waals surface area contributed by atoms with Gasteiger partial charge in [0.15, 0.2) is 5.58 Å². The number of nitrogens with one attached hydrogen (secondary N) is 1. The fraction of sp³-hybridized carbons (Fsp3) is 0.250. The minimum Gasteiger partial charge on any atom is -0.497 e. The van der Waals surface area contributed by atoms with Crippen LogP contribution in [0.2, 0.25) is 0 Å². The van der Waals surface area contributed by atoms with Crippen LogP contribution in [0.5, 0.6) is 11.5 Å². The van der Waals surface area contributed by atoms with E-state index in [0.29, 0.717) is 24.3 Å². The first-order valence-corrected chi connectivity index (χ1v) is 11.3. The second kappa shape index (κ2) is 9.12. The molecule has 1 aromatic heterocycles. The second-order valence-corrected chi connectivity index (χ2v) is 8.64. The molecular formula is C28H28NO4+. The van der Waals surface area contributed by atoms with E-state index in [1.165, 1.54) is 10.5 Å². The van der Waals surface area contributed by atoms with Crippen LogP contribution in [0.4, 0.5) is 0 Å². The number of benzene rings is 3. The van der Waals surface area contributed by atoms with Gasteiger partial charge in [0.05, 0.1) is 19.2 Å². The van der Waals surface area contributed by atoms with Gasteiger partial charge in [0.2, 0.25) is 6.73 Å². The Bertz CT molecular complexity index is 1330. The van der Waals surface area contributed by atoms with Crippen molar-refractivity contribution in [2.24, 2.45) is 0 Å². The van der Waals surface area contributed by atoms with Crippen LogP contribution in [-0.2, 0) is 19.4 Å². The van der Waals surface area contributed by atoms with E-state index in [2.05, 4.69) is 12.1 Å². The molecule has 1 N–H and O–H groups in total. The van der Waals surface area contributed by atoms with Crippen molar-refractivity contribution < 1.29 is 18.8 Å². The van der Waals surface area contributed by atoms with Gasteiger partial charge in [-0.2, -0.15) is 0 Å². The van der Waals surface area contributed by atoms with Crippen molar-refractivity contribution in [3.05, 3.63) is 105 Å². The van der Waals surface area contributed by atoms with E-state index in [1.807, 2.05) is 61.5 Å². The Kier molecular flexibility index (Phi) is 5.88. The first kappa shape index (κ1) is 21.3. The van der Waals surface area contributed by atoms with Crippen LogP contribution in [0.1, 0.15) is 27.8 Å². The van der Waals surface area contributed by atoms with E-state index in [1.54, 1.807) is 7.11 Å². The summed E-state index contributed by atoms with van der Waals surface area (Å²) in [6.07, 6.45) is 1.50. The zero-order chi connectivity index (χ0) is 22.8. The SMILES string of the molecule is COc1ccc(CC[NH+]2COc3ccc4c(C)c(Cc5ccccc5)c(=O)oc4c3C2)cc1. The predicted molar refractivity (Wildman–Crippen MR) is 128 cm³/mol. The Morgan fingerprint density at radius 1 is 0.970 bits per heavy atom. The quantitative estimate of drug-likeness (QED) is 0.463. The van der Waals surface area contributed by atoms with E-state index in [0.717, 1.165) is 53.1 Å². The Labute approximate surface area is 193 Å². The highest BCUT2D eigenvalue weighted by atomic mass is 16.5. The van der Waals surface area contributed by atoms with Gasteiger partial charge in [-0.15, -0.1) is 0 Å². The average molecular weight is 443 g/mol. The summed E-state index contributed by atoms with van der Waals surface area (Å²) in [5.41, 5.74) is 5.45. The van der Waals surface area contributed by atoms with E-state index in [9.17, 15) is 4.79 Å². The lowest BCUT2D eigenvalue weighted by Crippen LogP contribution is -3.12. The van der Waals surface area contributed by atoms with E-state index in [4.69, 9.17) is 13.9 Å². The molecule has 1 atom stereocenters. The summed E-state index contributed by atoms with van der Waals surface area (Å²) in [5.74, 6) is 1.68. The molecule has 0 aliphatic carbocycles. The lowest BCUT2D eigenvalue weighted by atomic mass is 9.97. The molecule has 3 aromatic carbocycles. The zero-order valence-corrected chi connectivity index (χ0v) is 19.0. The van der Waals surface area contributed by atoms with Gasteiger partial charge in [-0.25, -0.2) is 4.79 Å². The Morgan fingerprint density at radius 3 is 2.52 bits per heavy atom. The van der Waals surface area contributed by atoms with Gasteiger partial charge in [0.25, 0.3) is 0 Å². The van der Waals surface area contributed by atoms with Gasteiger partial charge in [-0.05, 0) is 47.9 Å². The average Bonchev–Trinajstić information content (AvgIpc) is 2.86. The van der Waals surface area contributed by atoms with Gasteiger partial charge in [-0.1, -0.05) is 42.5 Å². The molecule has 5 rings (SSSR count). The monoisotopic (exact) mass is 442 g/mol. The number of quaternary nitrogens is 1. The van der Waals surface area contributed by atoms with Crippen molar-refractivity contribution in [1.82, 2.24) is 0 Å². The van der Waals surface area contributed by atoms with E-state index in [-0.39, 0.29) is 5.63 Å². The summed E-state index contributed by atoms with van der Waals surface area (Å²) < 4.78 is 17.2. The van der Waals surface area contributed by atoms with Crippen LogP contribution >= 0.6 is 0 Å². The van der Waals surface area contributed by atoms with Crippen molar-refractivity contribution in [3.63, 3.8) is 0 Å². The number of hydrogen-bond donors (Lipinski definition) is 1. The van der Waals surface area contributed by atoms with Crippen molar-refractivity contribution in [2.75, 3.05) is 20.4 Å². The van der Waals surface area contributed by atoms with Gasteiger partial charge in [0, 0.05) is 23.8 Å².